The monoisotopic (exact) mass is 304 g/mol. The molecule has 0 amide bonds. The van der Waals surface area contributed by atoms with Crippen LogP contribution in [0.5, 0.6) is 0 Å². The fourth-order valence-corrected chi connectivity index (χ4v) is 2.74. The minimum absolute atomic E-state index is 0.0919. The lowest BCUT2D eigenvalue weighted by Crippen LogP contribution is -2.27. The molecule has 0 radical (unpaired) electrons. The maximum atomic E-state index is 13.0. The highest BCUT2D eigenvalue weighted by Crippen LogP contribution is 2.32. The van der Waals surface area contributed by atoms with Crippen molar-refractivity contribution < 1.29 is 17.6 Å². The van der Waals surface area contributed by atoms with E-state index in [1.165, 1.54) is 6.07 Å². The Labute approximate surface area is 122 Å². The quantitative estimate of drug-likeness (QED) is 0.840. The molecule has 1 atom stereocenters. The zero-order valence-electron chi connectivity index (χ0n) is 12.0. The fourth-order valence-electron chi connectivity index (χ4n) is 2.74. The molecule has 1 aliphatic heterocycles. The first-order valence-corrected chi connectivity index (χ1v) is 7.19. The summed E-state index contributed by atoms with van der Waals surface area (Å²) in [6.45, 7) is 5.94. The largest absolute Gasteiger partial charge is 0.416 e. The zero-order valence-corrected chi connectivity index (χ0v) is 12.0. The van der Waals surface area contributed by atoms with E-state index in [1.54, 1.807) is 0 Å². The molecule has 0 bridgehead atoms. The number of hydrogen-bond acceptors (Lipinski definition) is 2. The summed E-state index contributed by atoms with van der Waals surface area (Å²) in [4.78, 5) is 2.32. The Kier molecular flexibility index (Phi) is 5.22. The van der Waals surface area contributed by atoms with Crippen molar-refractivity contribution in [3.8, 4) is 0 Å². The summed E-state index contributed by atoms with van der Waals surface area (Å²) in [6, 6.07) is 2.84. The molecule has 0 spiro atoms. The Morgan fingerprint density at radius 3 is 2.71 bits per heavy atom. The smallest absolute Gasteiger partial charge is 0.312 e. The molecule has 1 aromatic carbocycles. The maximum absolute atomic E-state index is 13.0. The van der Waals surface area contributed by atoms with Crippen LogP contribution in [0.1, 0.15) is 24.5 Å². The molecule has 1 saturated heterocycles. The summed E-state index contributed by atoms with van der Waals surface area (Å²) in [5.41, 5.74) is -0.800. The summed E-state index contributed by atoms with van der Waals surface area (Å²) in [5, 5.41) is 3.07. The number of nitrogens with zero attached hydrogens (tertiary/aromatic N) is 1. The number of hydrogen-bond donors (Lipinski definition) is 1. The second kappa shape index (κ2) is 6.75. The summed E-state index contributed by atoms with van der Waals surface area (Å²) in [6.07, 6.45) is -3.46. The Morgan fingerprint density at radius 1 is 1.33 bits per heavy atom. The van der Waals surface area contributed by atoms with Crippen molar-refractivity contribution in [3.63, 3.8) is 0 Å². The lowest BCUT2D eigenvalue weighted by Gasteiger charge is -2.16. The van der Waals surface area contributed by atoms with Gasteiger partial charge >= 0.3 is 6.18 Å². The highest BCUT2D eigenvalue weighted by Gasteiger charge is 2.33. The lowest BCUT2D eigenvalue weighted by atomic mass is 10.1. The Bertz CT molecular complexity index is 473. The Balaban J connectivity index is 1.92. The van der Waals surface area contributed by atoms with Crippen molar-refractivity contribution in [2.24, 2.45) is 5.92 Å². The van der Waals surface area contributed by atoms with E-state index >= 15 is 0 Å². The zero-order chi connectivity index (χ0) is 15.5. The van der Waals surface area contributed by atoms with Gasteiger partial charge in [0.15, 0.2) is 0 Å². The SMILES string of the molecule is CCN1CCC(CNCc2ccc(F)cc2C(F)(F)F)C1. The third kappa shape index (κ3) is 4.41. The topological polar surface area (TPSA) is 15.3 Å². The molecular weight excluding hydrogens is 284 g/mol. The van der Waals surface area contributed by atoms with Crippen LogP contribution < -0.4 is 5.32 Å². The van der Waals surface area contributed by atoms with Crippen molar-refractivity contribution in [1.29, 1.82) is 0 Å². The van der Waals surface area contributed by atoms with E-state index in [0.717, 1.165) is 32.1 Å². The molecule has 1 aromatic rings. The highest BCUT2D eigenvalue weighted by molar-refractivity contribution is 5.30. The van der Waals surface area contributed by atoms with Crippen LogP contribution in [-0.4, -0.2) is 31.1 Å². The molecule has 21 heavy (non-hydrogen) atoms. The van der Waals surface area contributed by atoms with Gasteiger partial charge < -0.3 is 10.2 Å². The van der Waals surface area contributed by atoms with Crippen LogP contribution >= 0.6 is 0 Å². The minimum atomic E-state index is -4.52. The van der Waals surface area contributed by atoms with Gasteiger partial charge in [-0.2, -0.15) is 13.2 Å². The first-order valence-electron chi connectivity index (χ1n) is 7.19. The van der Waals surface area contributed by atoms with Crippen LogP contribution in [0.3, 0.4) is 0 Å². The normalized spacial score (nSPS) is 20.1. The first-order chi connectivity index (χ1) is 9.90. The minimum Gasteiger partial charge on any atom is -0.312 e. The van der Waals surface area contributed by atoms with Crippen molar-refractivity contribution in [2.75, 3.05) is 26.2 Å². The van der Waals surface area contributed by atoms with Crippen LogP contribution in [0, 0.1) is 11.7 Å². The molecule has 2 rings (SSSR count). The van der Waals surface area contributed by atoms with Gasteiger partial charge in [0.25, 0.3) is 0 Å². The number of rotatable bonds is 5. The summed E-state index contributed by atoms with van der Waals surface area (Å²) in [7, 11) is 0. The van der Waals surface area contributed by atoms with Crippen molar-refractivity contribution in [3.05, 3.63) is 35.1 Å². The van der Waals surface area contributed by atoms with Gasteiger partial charge in [0.1, 0.15) is 5.82 Å². The molecule has 1 fully saturated rings. The molecule has 2 nitrogen and oxygen atoms in total. The third-order valence-corrected chi connectivity index (χ3v) is 3.94. The molecule has 118 valence electrons. The number of likely N-dealkylation sites (tertiary alicyclic amines) is 1. The highest BCUT2D eigenvalue weighted by atomic mass is 19.4. The van der Waals surface area contributed by atoms with E-state index < -0.39 is 17.6 Å². The second-order valence-electron chi connectivity index (χ2n) is 5.48. The van der Waals surface area contributed by atoms with Gasteiger partial charge in [0.2, 0.25) is 0 Å². The van der Waals surface area contributed by atoms with Crippen LogP contribution in [0.2, 0.25) is 0 Å². The van der Waals surface area contributed by atoms with E-state index in [-0.39, 0.29) is 12.1 Å². The predicted octanol–water partition coefficient (Wildman–Crippen LogP) is 3.28. The van der Waals surface area contributed by atoms with Crippen LogP contribution in [0.25, 0.3) is 0 Å². The molecule has 6 heteroatoms. The molecule has 0 aliphatic carbocycles. The molecule has 1 aliphatic rings. The van der Waals surface area contributed by atoms with E-state index in [0.29, 0.717) is 18.5 Å². The number of benzene rings is 1. The second-order valence-corrected chi connectivity index (χ2v) is 5.48. The van der Waals surface area contributed by atoms with Crippen molar-refractivity contribution in [1.82, 2.24) is 10.2 Å². The van der Waals surface area contributed by atoms with Gasteiger partial charge in [-0.25, -0.2) is 4.39 Å². The average Bonchev–Trinajstić information content (AvgIpc) is 2.87. The number of alkyl halides is 3. The summed E-state index contributed by atoms with van der Waals surface area (Å²) < 4.78 is 51.6. The van der Waals surface area contributed by atoms with Gasteiger partial charge in [-0.1, -0.05) is 13.0 Å². The molecule has 0 saturated carbocycles. The van der Waals surface area contributed by atoms with E-state index in [4.69, 9.17) is 0 Å². The fraction of sp³-hybridized carbons (Fsp3) is 0.600. The van der Waals surface area contributed by atoms with Crippen molar-refractivity contribution >= 4 is 0 Å². The molecule has 1 unspecified atom stereocenters. The maximum Gasteiger partial charge on any atom is 0.416 e. The molecule has 1 N–H and O–H groups in total. The molecular formula is C15H20F4N2. The van der Waals surface area contributed by atoms with Crippen LogP contribution in [-0.2, 0) is 12.7 Å². The summed E-state index contributed by atoms with van der Waals surface area (Å²) >= 11 is 0. The van der Waals surface area contributed by atoms with Gasteiger partial charge in [0.05, 0.1) is 5.56 Å². The van der Waals surface area contributed by atoms with Gasteiger partial charge in [-0.15, -0.1) is 0 Å². The Hall–Kier alpha value is -1.14. The average molecular weight is 304 g/mol. The lowest BCUT2D eigenvalue weighted by molar-refractivity contribution is -0.138. The number of nitrogens with one attached hydrogen (secondary N) is 1. The Morgan fingerprint density at radius 2 is 2.10 bits per heavy atom. The molecule has 0 aromatic heterocycles. The van der Waals surface area contributed by atoms with E-state index in [2.05, 4.69) is 17.1 Å². The van der Waals surface area contributed by atoms with Crippen LogP contribution in [0.15, 0.2) is 18.2 Å². The third-order valence-electron chi connectivity index (χ3n) is 3.94. The van der Waals surface area contributed by atoms with E-state index in [1.807, 2.05) is 0 Å². The van der Waals surface area contributed by atoms with Crippen molar-refractivity contribution in [2.45, 2.75) is 26.1 Å². The summed E-state index contributed by atoms with van der Waals surface area (Å²) in [5.74, 6) is -0.389. The standard InChI is InChI=1S/C15H20F4N2/c1-2-21-6-5-11(10-21)8-20-9-12-3-4-13(16)7-14(12)15(17,18)19/h3-4,7,11,20H,2,5-6,8-10H2,1H3. The van der Waals surface area contributed by atoms with Gasteiger partial charge in [-0.05, 0) is 49.7 Å². The predicted molar refractivity (Wildman–Crippen MR) is 73.3 cm³/mol. The first kappa shape index (κ1) is 16.2. The number of halogens is 4. The van der Waals surface area contributed by atoms with Crippen LogP contribution in [0.4, 0.5) is 17.6 Å². The molecule has 1 heterocycles. The van der Waals surface area contributed by atoms with E-state index in [9.17, 15) is 17.6 Å². The van der Waals surface area contributed by atoms with Gasteiger partial charge in [-0.3, -0.25) is 0 Å². The van der Waals surface area contributed by atoms with Gasteiger partial charge in [0, 0.05) is 13.1 Å².